The number of nitrogens with zero attached hydrogens (tertiary/aromatic N) is 2. The Morgan fingerprint density at radius 1 is 1.30 bits per heavy atom. The van der Waals surface area contributed by atoms with Crippen LogP contribution in [-0.2, 0) is 11.2 Å². The first-order valence-electron chi connectivity index (χ1n) is 10.6. The number of aromatic hydroxyl groups is 1. The fraction of sp³-hybridized carbons (Fsp3) is 0.636. The number of piperidine rings is 1. The van der Waals surface area contributed by atoms with Crippen molar-refractivity contribution in [3.05, 3.63) is 23.8 Å². The molecule has 1 aliphatic heterocycles. The second kappa shape index (κ2) is 13.6. The zero-order valence-electron chi connectivity index (χ0n) is 18.6. The number of benzene rings is 1. The number of guanidine groups is 1. The summed E-state index contributed by atoms with van der Waals surface area (Å²) in [5.41, 5.74) is 0.863. The second-order valence-corrected chi connectivity index (χ2v) is 7.50. The Kier molecular flexibility index (Phi) is 11.9. The number of rotatable bonds is 8. The summed E-state index contributed by atoms with van der Waals surface area (Å²) in [7, 11) is 3.34. The van der Waals surface area contributed by atoms with E-state index in [0.717, 1.165) is 50.3 Å². The van der Waals surface area contributed by atoms with Gasteiger partial charge >= 0.3 is 0 Å². The van der Waals surface area contributed by atoms with Gasteiger partial charge in [0.25, 0.3) is 0 Å². The standard InChI is InChI=1S/C22H36N4O3.HI/c1-5-16(6-2)21(28)26-13-10-18(11-14-26)25-22(23-3)24-12-9-17-7-8-19(29-4)15-20(17)27;/h7-8,15-16,18,27H,5-6,9-14H2,1-4H3,(H2,23,24,25);1H. The monoisotopic (exact) mass is 532 g/mol. The number of hydrogen-bond donors (Lipinski definition) is 3. The summed E-state index contributed by atoms with van der Waals surface area (Å²) >= 11 is 0. The Hall–Kier alpha value is -1.71. The van der Waals surface area contributed by atoms with Crippen molar-refractivity contribution in [2.75, 3.05) is 33.8 Å². The highest BCUT2D eigenvalue weighted by molar-refractivity contribution is 14.0. The molecule has 0 atom stereocenters. The van der Waals surface area contributed by atoms with Gasteiger partial charge in [0, 0.05) is 44.7 Å². The van der Waals surface area contributed by atoms with Gasteiger partial charge in [0.15, 0.2) is 5.96 Å². The van der Waals surface area contributed by atoms with Crippen LogP contribution in [-0.4, -0.2) is 61.7 Å². The lowest BCUT2D eigenvalue weighted by molar-refractivity contribution is -0.136. The number of ether oxygens (including phenoxy) is 1. The molecule has 2 rings (SSSR count). The predicted molar refractivity (Wildman–Crippen MR) is 132 cm³/mol. The summed E-state index contributed by atoms with van der Waals surface area (Å²) in [6.07, 6.45) is 4.35. The van der Waals surface area contributed by atoms with E-state index in [1.54, 1.807) is 20.2 Å². The number of likely N-dealkylation sites (tertiary alicyclic amines) is 1. The van der Waals surface area contributed by atoms with Crippen LogP contribution in [0.15, 0.2) is 23.2 Å². The highest BCUT2D eigenvalue weighted by Crippen LogP contribution is 2.23. The van der Waals surface area contributed by atoms with Crippen molar-refractivity contribution in [2.45, 2.75) is 52.0 Å². The first kappa shape index (κ1) is 26.3. The predicted octanol–water partition coefficient (Wildman–Crippen LogP) is 3.15. The first-order chi connectivity index (χ1) is 14.0. The Labute approximate surface area is 197 Å². The molecule has 0 spiro atoms. The molecule has 1 aromatic carbocycles. The number of carbonyl (C=O) groups is 1. The molecule has 1 aliphatic rings. The summed E-state index contributed by atoms with van der Waals surface area (Å²) in [6, 6.07) is 5.65. The number of amides is 1. The molecule has 0 saturated carbocycles. The molecule has 0 bridgehead atoms. The number of phenols is 1. The van der Waals surface area contributed by atoms with Gasteiger partial charge in [0.2, 0.25) is 5.91 Å². The van der Waals surface area contributed by atoms with E-state index in [-0.39, 0.29) is 35.6 Å². The molecule has 0 unspecified atom stereocenters. The van der Waals surface area contributed by atoms with Crippen molar-refractivity contribution in [3.63, 3.8) is 0 Å². The minimum absolute atomic E-state index is 0. The van der Waals surface area contributed by atoms with Gasteiger partial charge in [-0.3, -0.25) is 9.79 Å². The van der Waals surface area contributed by atoms with E-state index in [0.29, 0.717) is 30.7 Å². The smallest absolute Gasteiger partial charge is 0.225 e. The lowest BCUT2D eigenvalue weighted by Crippen LogP contribution is -2.50. The Morgan fingerprint density at radius 3 is 2.50 bits per heavy atom. The van der Waals surface area contributed by atoms with Crippen molar-refractivity contribution in [3.8, 4) is 11.5 Å². The Bertz CT molecular complexity index is 687. The molecule has 3 N–H and O–H groups in total. The fourth-order valence-electron chi connectivity index (χ4n) is 3.73. The van der Waals surface area contributed by atoms with Gasteiger partial charge in [-0.1, -0.05) is 19.9 Å². The molecule has 1 heterocycles. The third-order valence-electron chi connectivity index (χ3n) is 5.69. The van der Waals surface area contributed by atoms with Gasteiger partial charge in [-0.05, 0) is 43.7 Å². The zero-order chi connectivity index (χ0) is 21.2. The van der Waals surface area contributed by atoms with Crippen LogP contribution in [0.25, 0.3) is 0 Å². The number of phenolic OH excluding ortho intramolecular Hbond substituents is 1. The molecule has 7 nitrogen and oxygen atoms in total. The van der Waals surface area contributed by atoms with Crippen LogP contribution in [0.2, 0.25) is 0 Å². The molecule has 170 valence electrons. The minimum atomic E-state index is 0. The van der Waals surface area contributed by atoms with E-state index in [4.69, 9.17) is 4.74 Å². The van der Waals surface area contributed by atoms with Gasteiger partial charge in [-0.25, -0.2) is 0 Å². The lowest BCUT2D eigenvalue weighted by Gasteiger charge is -2.34. The largest absolute Gasteiger partial charge is 0.508 e. The quantitative estimate of drug-likeness (QED) is 0.272. The van der Waals surface area contributed by atoms with Crippen molar-refractivity contribution >= 4 is 35.8 Å². The van der Waals surface area contributed by atoms with Gasteiger partial charge in [-0.2, -0.15) is 0 Å². The maximum atomic E-state index is 12.5. The maximum absolute atomic E-state index is 12.5. The number of halogens is 1. The number of nitrogens with one attached hydrogen (secondary N) is 2. The van der Waals surface area contributed by atoms with Crippen molar-refractivity contribution in [2.24, 2.45) is 10.9 Å². The number of aliphatic imine (C=N–C) groups is 1. The average molecular weight is 532 g/mol. The van der Waals surface area contributed by atoms with E-state index in [2.05, 4.69) is 29.5 Å². The normalized spacial score (nSPS) is 15.0. The van der Waals surface area contributed by atoms with E-state index >= 15 is 0 Å². The molecule has 0 aliphatic carbocycles. The third kappa shape index (κ3) is 7.52. The van der Waals surface area contributed by atoms with Crippen LogP contribution in [0.4, 0.5) is 0 Å². The molecule has 1 amide bonds. The highest BCUT2D eigenvalue weighted by Gasteiger charge is 2.26. The van der Waals surface area contributed by atoms with E-state index in [1.807, 2.05) is 17.0 Å². The van der Waals surface area contributed by atoms with Gasteiger partial charge < -0.3 is 25.4 Å². The second-order valence-electron chi connectivity index (χ2n) is 7.50. The van der Waals surface area contributed by atoms with Crippen molar-refractivity contribution in [1.82, 2.24) is 15.5 Å². The highest BCUT2D eigenvalue weighted by atomic mass is 127. The topological polar surface area (TPSA) is 86.2 Å². The first-order valence-corrected chi connectivity index (χ1v) is 10.6. The number of hydrogen-bond acceptors (Lipinski definition) is 4. The molecular formula is C22H37IN4O3. The third-order valence-corrected chi connectivity index (χ3v) is 5.69. The summed E-state index contributed by atoms with van der Waals surface area (Å²) in [4.78, 5) is 18.8. The van der Waals surface area contributed by atoms with Crippen LogP contribution in [0.3, 0.4) is 0 Å². The summed E-state index contributed by atoms with van der Waals surface area (Å²) in [6.45, 7) is 6.42. The molecular weight excluding hydrogens is 495 g/mol. The van der Waals surface area contributed by atoms with Crippen LogP contribution < -0.4 is 15.4 Å². The minimum Gasteiger partial charge on any atom is -0.508 e. The number of methoxy groups -OCH3 is 1. The summed E-state index contributed by atoms with van der Waals surface area (Å²) < 4.78 is 5.11. The van der Waals surface area contributed by atoms with E-state index in [1.165, 1.54) is 0 Å². The summed E-state index contributed by atoms with van der Waals surface area (Å²) in [5.74, 6) is 2.09. The van der Waals surface area contributed by atoms with Gasteiger partial charge in [-0.15, -0.1) is 24.0 Å². The van der Waals surface area contributed by atoms with Gasteiger partial charge in [0.1, 0.15) is 11.5 Å². The van der Waals surface area contributed by atoms with E-state index in [9.17, 15) is 9.90 Å². The SMILES string of the molecule is CCC(CC)C(=O)N1CCC(NC(=NC)NCCc2ccc(OC)cc2O)CC1.I. The van der Waals surface area contributed by atoms with Crippen LogP contribution in [0.5, 0.6) is 11.5 Å². The van der Waals surface area contributed by atoms with Crippen LogP contribution in [0, 0.1) is 5.92 Å². The lowest BCUT2D eigenvalue weighted by atomic mass is 9.98. The van der Waals surface area contributed by atoms with Crippen molar-refractivity contribution < 1.29 is 14.6 Å². The molecule has 0 radical (unpaired) electrons. The Morgan fingerprint density at radius 2 is 1.97 bits per heavy atom. The van der Waals surface area contributed by atoms with E-state index < -0.39 is 0 Å². The molecule has 1 saturated heterocycles. The zero-order valence-corrected chi connectivity index (χ0v) is 20.9. The van der Waals surface area contributed by atoms with Crippen molar-refractivity contribution in [1.29, 1.82) is 0 Å². The molecule has 0 aromatic heterocycles. The molecule has 1 aromatic rings. The number of carbonyl (C=O) groups excluding carboxylic acids is 1. The molecule has 1 fully saturated rings. The molecule has 8 heteroatoms. The summed E-state index contributed by atoms with van der Waals surface area (Å²) in [5, 5.41) is 16.8. The van der Waals surface area contributed by atoms with Crippen LogP contribution in [0.1, 0.15) is 45.1 Å². The molecule has 30 heavy (non-hydrogen) atoms. The van der Waals surface area contributed by atoms with Crippen LogP contribution >= 0.6 is 24.0 Å². The Balaban J connectivity index is 0.00000450. The maximum Gasteiger partial charge on any atom is 0.225 e. The fourth-order valence-corrected chi connectivity index (χ4v) is 3.73. The average Bonchev–Trinajstić information content (AvgIpc) is 2.75. The van der Waals surface area contributed by atoms with Gasteiger partial charge in [0.05, 0.1) is 7.11 Å².